The molecule has 2 saturated heterocycles. The zero-order valence-corrected chi connectivity index (χ0v) is 34.3. The average Bonchev–Trinajstić information content (AvgIpc) is 3.53. The minimum Gasteiger partial charge on any atom is -0.387 e. The number of nitroso groups, excluding NO2 is 1. The molecule has 324 valence electrons. The van der Waals surface area contributed by atoms with E-state index >= 15 is 8.78 Å². The van der Waals surface area contributed by atoms with Crippen molar-refractivity contribution in [1.29, 1.82) is 5.41 Å². The molecule has 0 spiro atoms. The van der Waals surface area contributed by atoms with Gasteiger partial charge in [0, 0.05) is 104 Å². The number of allylic oxidation sites excluding steroid dienone is 1. The molecule has 1 atom stereocenters. The summed E-state index contributed by atoms with van der Waals surface area (Å²) in [6.07, 6.45) is 5.98. The first-order valence-electron chi connectivity index (χ1n) is 20.6. The fraction of sp³-hybridized carbons (Fsp3) is 0.386. The number of hydrogen-bond donors (Lipinski definition) is 4. The molecule has 0 bridgehead atoms. The van der Waals surface area contributed by atoms with Crippen LogP contribution in [0.4, 0.5) is 14.5 Å². The predicted octanol–water partition coefficient (Wildman–Crippen LogP) is 4.74. The van der Waals surface area contributed by atoms with Crippen molar-refractivity contribution in [3.8, 4) is 11.1 Å². The van der Waals surface area contributed by atoms with E-state index in [4.69, 9.17) is 15.1 Å². The van der Waals surface area contributed by atoms with Crippen LogP contribution in [-0.2, 0) is 20.9 Å². The highest BCUT2D eigenvalue weighted by Crippen LogP contribution is 2.31. The maximum Gasteiger partial charge on any atom is 0.286 e. The number of amides is 4. The summed E-state index contributed by atoms with van der Waals surface area (Å²) < 4.78 is 36.1. The van der Waals surface area contributed by atoms with Gasteiger partial charge in [-0.3, -0.25) is 38.9 Å². The topological polar surface area (TPSA) is 202 Å². The van der Waals surface area contributed by atoms with Gasteiger partial charge in [-0.25, -0.2) is 13.8 Å². The highest BCUT2D eigenvalue weighted by Gasteiger charge is 2.38. The van der Waals surface area contributed by atoms with Crippen molar-refractivity contribution in [3.05, 3.63) is 99.9 Å². The van der Waals surface area contributed by atoms with E-state index < -0.39 is 35.4 Å². The van der Waals surface area contributed by atoms with Gasteiger partial charge >= 0.3 is 0 Å². The van der Waals surface area contributed by atoms with E-state index in [1.807, 2.05) is 4.90 Å². The van der Waals surface area contributed by atoms with E-state index in [0.29, 0.717) is 91.6 Å². The van der Waals surface area contributed by atoms with Gasteiger partial charge in [0.25, 0.3) is 17.7 Å². The molecule has 3 aliphatic heterocycles. The number of benzene rings is 3. The number of anilines is 1. The van der Waals surface area contributed by atoms with Crippen molar-refractivity contribution >= 4 is 52.1 Å². The molecule has 16 nitrogen and oxygen atoms in total. The third-order valence-electron chi connectivity index (χ3n) is 11.4. The number of halogens is 2. The van der Waals surface area contributed by atoms with Crippen LogP contribution in [0.1, 0.15) is 64.6 Å². The number of carbonyl (C=O) groups is 4. The van der Waals surface area contributed by atoms with Crippen LogP contribution in [0.25, 0.3) is 27.7 Å². The summed E-state index contributed by atoms with van der Waals surface area (Å²) in [4.78, 5) is 74.9. The minimum absolute atomic E-state index is 0.0144. The van der Waals surface area contributed by atoms with E-state index in [-0.39, 0.29) is 54.6 Å². The van der Waals surface area contributed by atoms with Gasteiger partial charge in [-0.15, -0.1) is 4.91 Å². The Morgan fingerprint density at radius 3 is 2.44 bits per heavy atom. The summed E-state index contributed by atoms with van der Waals surface area (Å²) in [6.45, 7) is 6.35. The van der Waals surface area contributed by atoms with Crippen LogP contribution in [0.3, 0.4) is 0 Å². The number of nitrogens with one attached hydrogen (secondary N) is 4. The number of morpholine rings is 1. The lowest BCUT2D eigenvalue weighted by atomic mass is 10.0. The van der Waals surface area contributed by atoms with Crippen LogP contribution in [-0.4, -0.2) is 126 Å². The Morgan fingerprint density at radius 1 is 0.968 bits per heavy atom. The molecule has 4 aromatic rings. The minimum atomic E-state index is -0.834. The molecule has 2 fully saturated rings. The molecule has 1 aromatic heterocycles. The van der Waals surface area contributed by atoms with Crippen LogP contribution < -0.4 is 16.0 Å². The number of aromatic nitrogens is 2. The Kier molecular flexibility index (Phi) is 14.1. The van der Waals surface area contributed by atoms with Crippen LogP contribution in [0.15, 0.2) is 66.1 Å². The number of imide groups is 1. The highest BCUT2D eigenvalue weighted by molar-refractivity contribution is 6.22. The summed E-state index contributed by atoms with van der Waals surface area (Å²) in [7, 11) is 0. The predicted molar refractivity (Wildman–Crippen MR) is 228 cm³/mol. The maximum atomic E-state index is 15.4. The number of fused-ring (bicyclic) bond motifs is 2. The van der Waals surface area contributed by atoms with Gasteiger partial charge in [0.15, 0.2) is 0 Å². The molecular weight excluding hydrogens is 803 g/mol. The Bertz CT molecular complexity index is 2380. The zero-order chi connectivity index (χ0) is 43.8. The fourth-order valence-electron chi connectivity index (χ4n) is 7.90. The van der Waals surface area contributed by atoms with Crippen LogP contribution in [0.2, 0.25) is 0 Å². The van der Waals surface area contributed by atoms with Gasteiger partial charge < -0.3 is 26.1 Å². The average molecular weight is 851 g/mol. The van der Waals surface area contributed by atoms with E-state index in [2.05, 4.69) is 31.0 Å². The monoisotopic (exact) mass is 850 g/mol. The van der Waals surface area contributed by atoms with Crippen molar-refractivity contribution in [1.82, 2.24) is 35.3 Å². The Balaban J connectivity index is 0.872. The second kappa shape index (κ2) is 20.0. The number of hydrogen-bond acceptors (Lipinski definition) is 13. The lowest BCUT2D eigenvalue weighted by molar-refractivity contribution is -0.122. The quantitative estimate of drug-likeness (QED) is 0.0493. The van der Waals surface area contributed by atoms with Crippen LogP contribution >= 0.6 is 0 Å². The molecule has 3 aliphatic rings. The third kappa shape index (κ3) is 10.2. The number of piperidine rings is 1. The third-order valence-corrected chi connectivity index (χ3v) is 11.4. The smallest absolute Gasteiger partial charge is 0.286 e. The fourth-order valence-corrected chi connectivity index (χ4v) is 7.90. The van der Waals surface area contributed by atoms with Crippen molar-refractivity contribution in [2.45, 2.75) is 51.2 Å². The SMILES string of the molecule is CC(CCC(=O)N=O)N1C(=O)c2ccc(NCCNC(=O)CN3CCC(N/C=C(\C=N)c4cnc5cccc(-c6cc(F)c(CN7CCOCC7)c(F)c6)c5n4)CC3)cc2C1=O. The molecular formula is C44H48F2N10O6. The number of carbonyl (C=O) groups excluding carboxylic acids is 4. The van der Waals surface area contributed by atoms with Crippen molar-refractivity contribution in [3.63, 3.8) is 0 Å². The first-order chi connectivity index (χ1) is 30.0. The van der Waals surface area contributed by atoms with Crippen molar-refractivity contribution < 1.29 is 32.7 Å². The van der Waals surface area contributed by atoms with Gasteiger partial charge in [0.1, 0.15) is 11.6 Å². The molecule has 62 heavy (non-hydrogen) atoms. The molecule has 0 saturated carbocycles. The number of para-hydroxylation sites is 1. The Labute approximate surface area is 356 Å². The standard InChI is InChI=1S/C44H48F2N10O6/c1-27(5-8-40(57)53-61)56-43(59)33-7-6-31(21-34(33)44(56)60)48-11-12-49-41(58)26-54-13-9-30(10-14-54)50-23-29(22-47)39-24-51-38-4-2-3-32(42(38)52-39)28-19-36(45)35(37(46)20-28)25-55-15-17-62-18-16-55/h2-4,6-7,19-24,27,30,47-48,50H,5,8-18,25-26H2,1H3,(H,49,58)/b29-23+,47-22?. The van der Waals surface area contributed by atoms with Gasteiger partial charge in [-0.2, -0.15) is 0 Å². The number of rotatable bonds is 17. The van der Waals surface area contributed by atoms with E-state index in [9.17, 15) is 24.1 Å². The summed E-state index contributed by atoms with van der Waals surface area (Å²) >= 11 is 0. The first-order valence-corrected chi connectivity index (χ1v) is 20.6. The van der Waals surface area contributed by atoms with E-state index in [1.165, 1.54) is 18.3 Å². The molecule has 4 amide bonds. The number of ether oxygens (including phenoxy) is 1. The van der Waals surface area contributed by atoms with E-state index in [1.54, 1.807) is 55.7 Å². The maximum absolute atomic E-state index is 15.4. The number of likely N-dealkylation sites (tertiary alicyclic amines) is 1. The summed E-state index contributed by atoms with van der Waals surface area (Å²) in [6, 6.07) is 12.3. The molecule has 1 unspecified atom stereocenters. The first kappa shape index (κ1) is 43.7. The normalized spacial score (nSPS) is 16.9. The lowest BCUT2D eigenvalue weighted by Gasteiger charge is -2.31. The largest absolute Gasteiger partial charge is 0.387 e. The van der Waals surface area contributed by atoms with Crippen LogP contribution in [0, 0.1) is 22.0 Å². The second-order valence-corrected chi connectivity index (χ2v) is 15.6. The molecule has 3 aromatic carbocycles. The molecule has 18 heteroatoms. The van der Waals surface area contributed by atoms with Gasteiger partial charge in [-0.05, 0) is 68.1 Å². The lowest BCUT2D eigenvalue weighted by Crippen LogP contribution is -2.45. The molecule has 0 radical (unpaired) electrons. The van der Waals surface area contributed by atoms with Gasteiger partial charge in [-0.1, -0.05) is 12.1 Å². The van der Waals surface area contributed by atoms with E-state index in [0.717, 1.165) is 17.7 Å². The summed E-state index contributed by atoms with van der Waals surface area (Å²) in [5.74, 6) is -3.16. The highest BCUT2D eigenvalue weighted by atomic mass is 19.1. The molecule has 0 aliphatic carbocycles. The van der Waals surface area contributed by atoms with Gasteiger partial charge in [0.2, 0.25) is 5.91 Å². The molecule has 4 N–H and O–H groups in total. The Morgan fingerprint density at radius 2 is 1.71 bits per heavy atom. The zero-order valence-electron chi connectivity index (χ0n) is 34.3. The van der Waals surface area contributed by atoms with Crippen molar-refractivity contribution in [2.75, 3.05) is 64.3 Å². The van der Waals surface area contributed by atoms with Crippen molar-refractivity contribution in [2.24, 2.45) is 5.18 Å². The molecule has 7 rings (SSSR count). The Hall–Kier alpha value is -6.37. The molecule has 4 heterocycles. The second-order valence-electron chi connectivity index (χ2n) is 15.6. The summed E-state index contributed by atoms with van der Waals surface area (Å²) in [5.41, 5.74) is 3.91. The number of nitrogens with zero attached hydrogens (tertiary/aromatic N) is 6. The van der Waals surface area contributed by atoms with Gasteiger partial charge in [0.05, 0.1) is 53.8 Å². The summed E-state index contributed by atoms with van der Waals surface area (Å²) in [5, 5.41) is 20.0. The van der Waals surface area contributed by atoms with Crippen LogP contribution in [0.5, 0.6) is 0 Å².